The molecule has 6 heteroatoms. The molecule has 0 saturated carbocycles. The van der Waals surface area contributed by atoms with Gasteiger partial charge in [-0.15, -0.1) is 0 Å². The molecule has 1 fully saturated rings. The molecule has 0 aromatic heterocycles. The van der Waals surface area contributed by atoms with Crippen molar-refractivity contribution in [3.05, 3.63) is 35.4 Å². The number of hydrogen-bond acceptors (Lipinski definition) is 4. The third-order valence-electron chi connectivity index (χ3n) is 3.65. The summed E-state index contributed by atoms with van der Waals surface area (Å²) in [5, 5.41) is 18.5. The number of ether oxygens (including phenoxy) is 1. The highest BCUT2D eigenvalue weighted by Gasteiger charge is 2.19. The maximum atomic E-state index is 12.0. The highest BCUT2D eigenvalue weighted by molar-refractivity contribution is 5.94. The summed E-state index contributed by atoms with van der Waals surface area (Å²) < 4.78 is 4.99. The largest absolute Gasteiger partial charge is 0.496 e. The quantitative estimate of drug-likeness (QED) is 0.821. The second-order valence-electron chi connectivity index (χ2n) is 5.15. The molecule has 0 aliphatic carbocycles. The van der Waals surface area contributed by atoms with Crippen molar-refractivity contribution in [2.75, 3.05) is 20.2 Å². The minimum Gasteiger partial charge on any atom is -0.496 e. The Morgan fingerprint density at radius 3 is 2.59 bits per heavy atom. The van der Waals surface area contributed by atoms with Gasteiger partial charge in [-0.25, -0.2) is 4.79 Å². The van der Waals surface area contributed by atoms with Crippen LogP contribution in [0.15, 0.2) is 24.3 Å². The number of hydrogen-bond donors (Lipinski definition) is 2. The zero-order chi connectivity index (χ0) is 16.1. The van der Waals surface area contributed by atoms with Gasteiger partial charge < -0.3 is 19.8 Å². The van der Waals surface area contributed by atoms with Crippen LogP contribution in [-0.2, 0) is 4.79 Å². The van der Waals surface area contributed by atoms with E-state index in [1.165, 1.54) is 19.3 Å². The monoisotopic (exact) mass is 305 g/mol. The zero-order valence-electron chi connectivity index (χ0n) is 12.4. The number of likely N-dealkylation sites (tertiary alicyclic amines) is 1. The van der Waals surface area contributed by atoms with Gasteiger partial charge in [0.05, 0.1) is 13.2 Å². The molecule has 0 spiro atoms. The second-order valence-corrected chi connectivity index (χ2v) is 5.15. The molecule has 2 rings (SSSR count). The lowest BCUT2D eigenvalue weighted by atomic mass is 10.1. The van der Waals surface area contributed by atoms with E-state index in [0.717, 1.165) is 0 Å². The summed E-state index contributed by atoms with van der Waals surface area (Å²) in [6.45, 7) is 1.07. The van der Waals surface area contributed by atoms with E-state index in [4.69, 9.17) is 9.84 Å². The number of carbonyl (C=O) groups is 2. The SMILES string of the molecule is COc1ccc(/C=C/C(=O)N2CCC(O)CC2)cc1C(=O)O. The summed E-state index contributed by atoms with van der Waals surface area (Å²) in [5.41, 5.74) is 0.668. The molecule has 118 valence electrons. The van der Waals surface area contributed by atoms with Crippen molar-refractivity contribution in [1.82, 2.24) is 4.90 Å². The molecule has 0 bridgehead atoms. The Labute approximate surface area is 128 Å². The number of carboxylic acid groups (broad SMARTS) is 1. The van der Waals surface area contributed by atoms with E-state index >= 15 is 0 Å². The molecule has 1 aromatic rings. The van der Waals surface area contributed by atoms with E-state index in [9.17, 15) is 14.7 Å². The van der Waals surface area contributed by atoms with E-state index in [-0.39, 0.29) is 23.3 Å². The van der Waals surface area contributed by atoms with Crippen LogP contribution in [0.2, 0.25) is 0 Å². The first kappa shape index (κ1) is 16.0. The lowest BCUT2D eigenvalue weighted by Gasteiger charge is -2.28. The highest BCUT2D eigenvalue weighted by Crippen LogP contribution is 2.20. The zero-order valence-corrected chi connectivity index (χ0v) is 12.4. The molecule has 1 aliphatic rings. The molecule has 0 unspecified atom stereocenters. The molecule has 22 heavy (non-hydrogen) atoms. The fourth-order valence-electron chi connectivity index (χ4n) is 2.36. The van der Waals surface area contributed by atoms with Crippen LogP contribution in [0, 0.1) is 0 Å². The first-order valence-electron chi connectivity index (χ1n) is 7.07. The van der Waals surface area contributed by atoms with Gasteiger partial charge in [0.1, 0.15) is 11.3 Å². The van der Waals surface area contributed by atoms with Crippen LogP contribution >= 0.6 is 0 Å². The van der Waals surface area contributed by atoms with Gasteiger partial charge in [0.25, 0.3) is 0 Å². The van der Waals surface area contributed by atoms with E-state index in [0.29, 0.717) is 31.5 Å². The summed E-state index contributed by atoms with van der Waals surface area (Å²) in [4.78, 5) is 24.9. The molecule has 1 aromatic carbocycles. The number of methoxy groups -OCH3 is 1. The summed E-state index contributed by atoms with van der Waals surface area (Å²) in [5.74, 6) is -0.941. The van der Waals surface area contributed by atoms with Crippen molar-refractivity contribution in [3.8, 4) is 5.75 Å². The van der Waals surface area contributed by atoms with Crippen molar-refractivity contribution in [1.29, 1.82) is 0 Å². The van der Waals surface area contributed by atoms with Gasteiger partial charge in [0.15, 0.2) is 0 Å². The van der Waals surface area contributed by atoms with Crippen LogP contribution in [0.3, 0.4) is 0 Å². The topological polar surface area (TPSA) is 87.1 Å². The van der Waals surface area contributed by atoms with Crippen molar-refractivity contribution in [3.63, 3.8) is 0 Å². The highest BCUT2D eigenvalue weighted by atomic mass is 16.5. The Bertz CT molecular complexity index is 588. The number of aliphatic hydroxyl groups excluding tert-OH is 1. The lowest BCUT2D eigenvalue weighted by molar-refractivity contribution is -0.127. The number of benzene rings is 1. The molecular formula is C16H19NO5. The van der Waals surface area contributed by atoms with Crippen LogP contribution in [0.5, 0.6) is 5.75 Å². The van der Waals surface area contributed by atoms with Gasteiger partial charge in [0, 0.05) is 19.2 Å². The van der Waals surface area contributed by atoms with Crippen LogP contribution < -0.4 is 4.74 Å². The maximum absolute atomic E-state index is 12.0. The number of aliphatic hydroxyl groups is 1. The molecule has 1 amide bonds. The third-order valence-corrected chi connectivity index (χ3v) is 3.65. The minimum atomic E-state index is -1.08. The van der Waals surface area contributed by atoms with Crippen LogP contribution in [-0.4, -0.2) is 53.3 Å². The normalized spacial score (nSPS) is 16.0. The molecule has 6 nitrogen and oxygen atoms in total. The smallest absolute Gasteiger partial charge is 0.339 e. The van der Waals surface area contributed by atoms with E-state index < -0.39 is 5.97 Å². The van der Waals surface area contributed by atoms with Crippen molar-refractivity contribution in [2.24, 2.45) is 0 Å². The van der Waals surface area contributed by atoms with Crippen LogP contribution in [0.4, 0.5) is 0 Å². The first-order chi connectivity index (χ1) is 10.5. The van der Waals surface area contributed by atoms with Crippen LogP contribution in [0.25, 0.3) is 6.08 Å². The number of aromatic carboxylic acids is 1. The molecule has 0 atom stereocenters. The maximum Gasteiger partial charge on any atom is 0.339 e. The Morgan fingerprint density at radius 1 is 1.32 bits per heavy atom. The van der Waals surface area contributed by atoms with Gasteiger partial charge in [0.2, 0.25) is 5.91 Å². The molecular weight excluding hydrogens is 286 g/mol. The van der Waals surface area contributed by atoms with Gasteiger partial charge in [-0.05, 0) is 36.6 Å². The van der Waals surface area contributed by atoms with E-state index in [1.54, 1.807) is 23.1 Å². The van der Waals surface area contributed by atoms with Crippen molar-refractivity contribution in [2.45, 2.75) is 18.9 Å². The number of nitrogens with zero attached hydrogens (tertiary/aromatic N) is 1. The van der Waals surface area contributed by atoms with Gasteiger partial charge in [-0.2, -0.15) is 0 Å². The number of carboxylic acids is 1. The Kier molecular flexibility index (Phi) is 5.16. The summed E-state index contributed by atoms with van der Waals surface area (Å²) in [6.07, 6.45) is 3.86. The van der Waals surface area contributed by atoms with Crippen molar-refractivity contribution < 1.29 is 24.5 Å². The molecule has 2 N–H and O–H groups in total. The number of piperidine rings is 1. The lowest BCUT2D eigenvalue weighted by Crippen LogP contribution is -2.39. The van der Waals surface area contributed by atoms with Crippen LogP contribution in [0.1, 0.15) is 28.8 Å². The molecule has 1 heterocycles. The average Bonchev–Trinajstić information content (AvgIpc) is 2.53. The number of amides is 1. The predicted molar refractivity (Wildman–Crippen MR) is 80.8 cm³/mol. The van der Waals surface area contributed by atoms with Gasteiger partial charge in [-0.3, -0.25) is 4.79 Å². The summed E-state index contributed by atoms with van der Waals surface area (Å²) in [7, 11) is 1.41. The first-order valence-corrected chi connectivity index (χ1v) is 7.07. The Morgan fingerprint density at radius 2 is 2.00 bits per heavy atom. The fraction of sp³-hybridized carbons (Fsp3) is 0.375. The van der Waals surface area contributed by atoms with E-state index in [2.05, 4.69) is 0 Å². The standard InChI is InChI=1S/C16H19NO5/c1-22-14-4-2-11(10-13(14)16(20)21)3-5-15(19)17-8-6-12(18)7-9-17/h2-5,10,12,18H,6-9H2,1H3,(H,20,21)/b5-3+. The third kappa shape index (κ3) is 3.85. The van der Waals surface area contributed by atoms with Crippen molar-refractivity contribution >= 4 is 18.0 Å². The fourth-order valence-corrected chi connectivity index (χ4v) is 2.36. The Balaban J connectivity index is 2.08. The second kappa shape index (κ2) is 7.09. The minimum absolute atomic E-state index is 0.0539. The molecule has 1 aliphatic heterocycles. The van der Waals surface area contributed by atoms with Gasteiger partial charge >= 0.3 is 5.97 Å². The van der Waals surface area contributed by atoms with Gasteiger partial charge in [-0.1, -0.05) is 6.07 Å². The summed E-state index contributed by atoms with van der Waals surface area (Å²) in [6, 6.07) is 4.71. The summed E-state index contributed by atoms with van der Waals surface area (Å²) >= 11 is 0. The average molecular weight is 305 g/mol. The number of rotatable bonds is 4. The molecule has 0 radical (unpaired) electrons. The van der Waals surface area contributed by atoms with E-state index in [1.807, 2.05) is 0 Å². The number of carbonyl (C=O) groups excluding carboxylic acids is 1. The Hall–Kier alpha value is -2.34. The predicted octanol–water partition coefficient (Wildman–Crippen LogP) is 1.39. The molecule has 1 saturated heterocycles.